The quantitative estimate of drug-likeness (QED) is 0.670. The van der Waals surface area contributed by atoms with Gasteiger partial charge in [-0.15, -0.1) is 0 Å². The highest BCUT2D eigenvalue weighted by atomic mass is 19.1. The lowest BCUT2D eigenvalue weighted by atomic mass is 10.2. The number of hydrogen-bond acceptors (Lipinski definition) is 2. The minimum atomic E-state index is -0.807. The number of carbonyl (C=O) groups excluding carboxylic acids is 1. The van der Waals surface area contributed by atoms with E-state index < -0.39 is 11.6 Å². The van der Waals surface area contributed by atoms with Gasteiger partial charge in [-0.2, -0.15) is 0 Å². The zero-order chi connectivity index (χ0) is 13.1. The molecule has 0 atom stereocenters. The fourth-order valence-corrected chi connectivity index (χ4v) is 1.57. The van der Waals surface area contributed by atoms with Crippen molar-refractivity contribution in [2.45, 2.75) is 0 Å². The van der Waals surface area contributed by atoms with E-state index in [9.17, 15) is 13.6 Å². The van der Waals surface area contributed by atoms with E-state index in [2.05, 4.69) is 0 Å². The second-order valence-electron chi connectivity index (χ2n) is 3.66. The molecular formula is C13H10F2N2O. The fourth-order valence-electron chi connectivity index (χ4n) is 1.57. The summed E-state index contributed by atoms with van der Waals surface area (Å²) in [6, 6.07) is 9.35. The number of hydrogen-bond donors (Lipinski definition) is 1. The molecule has 0 aliphatic rings. The Morgan fingerprint density at radius 3 is 2.28 bits per heavy atom. The largest absolute Gasteiger partial charge is 0.399 e. The van der Waals surface area contributed by atoms with E-state index in [1.165, 1.54) is 6.07 Å². The topological polar surface area (TPSA) is 46.3 Å². The lowest BCUT2D eigenvalue weighted by molar-refractivity contribution is -0.106. The molecule has 0 unspecified atom stereocenters. The van der Waals surface area contributed by atoms with E-state index in [0.717, 1.165) is 17.0 Å². The van der Waals surface area contributed by atoms with E-state index in [1.807, 2.05) is 0 Å². The maximum Gasteiger partial charge on any atom is 0.218 e. The molecule has 0 saturated heterocycles. The predicted molar refractivity (Wildman–Crippen MR) is 65.4 cm³/mol. The molecule has 0 fully saturated rings. The number of benzene rings is 2. The van der Waals surface area contributed by atoms with E-state index in [-0.39, 0.29) is 5.69 Å². The van der Waals surface area contributed by atoms with Gasteiger partial charge in [0.25, 0.3) is 0 Å². The van der Waals surface area contributed by atoms with Gasteiger partial charge in [0.1, 0.15) is 11.6 Å². The number of nitrogens with zero attached hydrogens (tertiary/aromatic N) is 1. The lowest BCUT2D eigenvalue weighted by Crippen LogP contribution is -2.15. The SMILES string of the molecule is Nc1ccc(N(C=O)c2ccc(F)cc2F)cc1. The van der Waals surface area contributed by atoms with Crippen molar-refractivity contribution < 1.29 is 13.6 Å². The van der Waals surface area contributed by atoms with Crippen molar-refractivity contribution in [3.05, 3.63) is 54.1 Å². The van der Waals surface area contributed by atoms with Crippen LogP contribution in [0.2, 0.25) is 0 Å². The molecule has 3 nitrogen and oxygen atoms in total. The summed E-state index contributed by atoms with van der Waals surface area (Å²) in [4.78, 5) is 12.1. The van der Waals surface area contributed by atoms with Crippen LogP contribution in [0.15, 0.2) is 42.5 Å². The summed E-state index contributed by atoms with van der Waals surface area (Å²) in [5.74, 6) is -1.50. The molecule has 0 bridgehead atoms. The van der Waals surface area contributed by atoms with Gasteiger partial charge in [-0.3, -0.25) is 9.69 Å². The van der Waals surface area contributed by atoms with Gasteiger partial charge >= 0.3 is 0 Å². The van der Waals surface area contributed by atoms with Gasteiger partial charge in [-0.05, 0) is 36.4 Å². The first-order valence-corrected chi connectivity index (χ1v) is 5.17. The van der Waals surface area contributed by atoms with Crippen molar-refractivity contribution >= 4 is 23.5 Å². The van der Waals surface area contributed by atoms with Crippen LogP contribution in [0.25, 0.3) is 0 Å². The Morgan fingerprint density at radius 2 is 1.72 bits per heavy atom. The summed E-state index contributed by atoms with van der Waals surface area (Å²) >= 11 is 0. The van der Waals surface area contributed by atoms with Crippen LogP contribution in [-0.4, -0.2) is 6.41 Å². The Kier molecular flexibility index (Phi) is 3.23. The molecule has 0 heterocycles. The third-order valence-corrected chi connectivity index (χ3v) is 2.45. The number of amides is 1. The molecule has 5 heteroatoms. The van der Waals surface area contributed by atoms with Crippen LogP contribution < -0.4 is 10.6 Å². The molecule has 2 aromatic carbocycles. The Hall–Kier alpha value is -2.43. The average Bonchev–Trinajstić information content (AvgIpc) is 2.35. The van der Waals surface area contributed by atoms with E-state index in [1.54, 1.807) is 24.3 Å². The van der Waals surface area contributed by atoms with E-state index in [4.69, 9.17) is 5.73 Å². The molecule has 2 rings (SSSR count). The van der Waals surface area contributed by atoms with Gasteiger partial charge < -0.3 is 5.73 Å². The maximum absolute atomic E-state index is 13.6. The molecule has 0 aromatic heterocycles. The highest BCUT2D eigenvalue weighted by Gasteiger charge is 2.13. The van der Waals surface area contributed by atoms with Crippen LogP contribution in [0.4, 0.5) is 25.8 Å². The first kappa shape index (κ1) is 12.0. The summed E-state index contributed by atoms with van der Waals surface area (Å²) < 4.78 is 26.4. The van der Waals surface area contributed by atoms with Crippen molar-refractivity contribution in [3.8, 4) is 0 Å². The molecule has 1 amide bonds. The van der Waals surface area contributed by atoms with Crippen LogP contribution >= 0.6 is 0 Å². The summed E-state index contributed by atoms with van der Waals surface area (Å²) in [5, 5.41) is 0. The average molecular weight is 248 g/mol. The van der Waals surface area contributed by atoms with Gasteiger partial charge in [0.05, 0.1) is 5.69 Å². The molecule has 2 aromatic rings. The summed E-state index contributed by atoms with van der Waals surface area (Å²) in [5.41, 5.74) is 6.49. The number of rotatable bonds is 3. The number of nitrogens with two attached hydrogens (primary N) is 1. The van der Waals surface area contributed by atoms with Crippen LogP contribution in [0, 0.1) is 11.6 Å². The zero-order valence-electron chi connectivity index (χ0n) is 9.31. The predicted octanol–water partition coefficient (Wildman–Crippen LogP) is 2.84. The van der Waals surface area contributed by atoms with Crippen molar-refractivity contribution in [3.63, 3.8) is 0 Å². The fraction of sp³-hybridized carbons (Fsp3) is 0. The van der Waals surface area contributed by atoms with Crippen molar-refractivity contribution in [2.75, 3.05) is 10.6 Å². The molecule has 0 radical (unpaired) electrons. The molecule has 0 saturated carbocycles. The standard InChI is InChI=1S/C13H10F2N2O/c14-9-1-6-13(12(15)7-9)17(8-18)11-4-2-10(16)3-5-11/h1-8H,16H2. The highest BCUT2D eigenvalue weighted by Crippen LogP contribution is 2.27. The first-order chi connectivity index (χ1) is 8.61. The van der Waals surface area contributed by atoms with Gasteiger partial charge in [-0.25, -0.2) is 8.78 Å². The van der Waals surface area contributed by atoms with E-state index >= 15 is 0 Å². The molecule has 0 aliphatic heterocycles. The van der Waals surface area contributed by atoms with Gasteiger partial charge in [0, 0.05) is 17.4 Å². The smallest absolute Gasteiger partial charge is 0.218 e. The Morgan fingerprint density at radius 1 is 1.06 bits per heavy atom. The van der Waals surface area contributed by atoms with Gasteiger partial charge in [0.15, 0.2) is 0 Å². The third-order valence-electron chi connectivity index (χ3n) is 2.45. The van der Waals surface area contributed by atoms with E-state index in [0.29, 0.717) is 17.8 Å². The third kappa shape index (κ3) is 2.29. The second-order valence-corrected chi connectivity index (χ2v) is 3.66. The monoisotopic (exact) mass is 248 g/mol. The molecule has 0 aliphatic carbocycles. The number of carbonyl (C=O) groups is 1. The minimum absolute atomic E-state index is 0.0174. The molecule has 2 N–H and O–H groups in total. The first-order valence-electron chi connectivity index (χ1n) is 5.17. The Labute approximate surface area is 102 Å². The molecule has 0 spiro atoms. The molecule has 18 heavy (non-hydrogen) atoms. The minimum Gasteiger partial charge on any atom is -0.399 e. The second kappa shape index (κ2) is 4.83. The van der Waals surface area contributed by atoms with Crippen molar-refractivity contribution in [1.82, 2.24) is 0 Å². The molecular weight excluding hydrogens is 238 g/mol. The number of anilines is 3. The van der Waals surface area contributed by atoms with Gasteiger partial charge in [-0.1, -0.05) is 0 Å². The maximum atomic E-state index is 13.6. The summed E-state index contributed by atoms with van der Waals surface area (Å²) in [7, 11) is 0. The molecule has 92 valence electrons. The van der Waals surface area contributed by atoms with Crippen molar-refractivity contribution in [2.24, 2.45) is 0 Å². The Balaban J connectivity index is 2.45. The van der Waals surface area contributed by atoms with Crippen LogP contribution in [0.3, 0.4) is 0 Å². The van der Waals surface area contributed by atoms with Crippen molar-refractivity contribution in [1.29, 1.82) is 0 Å². The zero-order valence-corrected chi connectivity index (χ0v) is 9.31. The Bertz CT molecular complexity index is 570. The van der Waals surface area contributed by atoms with Crippen LogP contribution in [0.5, 0.6) is 0 Å². The summed E-state index contributed by atoms with van der Waals surface area (Å²) in [6.45, 7) is 0. The van der Waals surface area contributed by atoms with Gasteiger partial charge in [0.2, 0.25) is 6.41 Å². The number of nitrogen functional groups attached to an aromatic ring is 1. The highest BCUT2D eigenvalue weighted by molar-refractivity contribution is 5.86. The normalized spacial score (nSPS) is 10.1. The lowest BCUT2D eigenvalue weighted by Gasteiger charge is -2.18. The van der Waals surface area contributed by atoms with Crippen LogP contribution in [0.1, 0.15) is 0 Å². The summed E-state index contributed by atoms with van der Waals surface area (Å²) in [6.07, 6.45) is 0.460. The van der Waals surface area contributed by atoms with Crippen LogP contribution in [-0.2, 0) is 4.79 Å². The number of halogens is 2.